The summed E-state index contributed by atoms with van der Waals surface area (Å²) in [5.41, 5.74) is 0.448. The Bertz CT molecular complexity index is 480. The van der Waals surface area contributed by atoms with Crippen LogP contribution in [0.15, 0.2) is 12.1 Å². The molecular weight excluding hydrogens is 256 g/mol. The van der Waals surface area contributed by atoms with Crippen LogP contribution in [0.4, 0.5) is 5.69 Å². The molecule has 0 N–H and O–H groups in total. The molecule has 0 aliphatic heterocycles. The number of pyridine rings is 1. The molecule has 0 radical (unpaired) electrons. The van der Waals surface area contributed by atoms with Gasteiger partial charge in [-0.25, -0.2) is 4.98 Å². The second kappa shape index (κ2) is 6.20. The molecule has 1 aliphatic carbocycles. The summed E-state index contributed by atoms with van der Waals surface area (Å²) in [5.74, 6) is 2.03. The molecule has 1 saturated carbocycles. The minimum Gasteiger partial charge on any atom is -0.474 e. The van der Waals surface area contributed by atoms with E-state index in [1.807, 2.05) is 0 Å². The van der Waals surface area contributed by atoms with Crippen molar-refractivity contribution in [3.8, 4) is 5.88 Å². The number of nitrogens with zero attached hydrogens (tertiary/aromatic N) is 2. The Morgan fingerprint density at radius 2 is 1.95 bits per heavy atom. The Kier molecular flexibility index (Phi) is 4.57. The number of rotatable bonds is 4. The zero-order valence-corrected chi connectivity index (χ0v) is 12.3. The first-order chi connectivity index (χ1) is 9.47. The van der Waals surface area contributed by atoms with Gasteiger partial charge < -0.3 is 4.74 Å². The van der Waals surface area contributed by atoms with Crippen molar-refractivity contribution in [1.82, 2.24) is 4.98 Å². The normalized spacial score (nSPS) is 22.8. The topological polar surface area (TPSA) is 65.3 Å². The van der Waals surface area contributed by atoms with E-state index >= 15 is 0 Å². The van der Waals surface area contributed by atoms with Crippen molar-refractivity contribution >= 4 is 5.69 Å². The highest BCUT2D eigenvalue weighted by Gasteiger charge is 2.25. The molecule has 1 aromatic rings. The Morgan fingerprint density at radius 1 is 1.30 bits per heavy atom. The number of ether oxygens (including phenoxy) is 1. The number of nitro groups is 1. The lowest BCUT2D eigenvalue weighted by Gasteiger charge is -2.30. The predicted octanol–water partition coefficient (Wildman–Crippen LogP) is 3.89. The van der Waals surface area contributed by atoms with E-state index in [0.29, 0.717) is 11.6 Å². The first-order valence-electron chi connectivity index (χ1n) is 7.26. The molecule has 5 heteroatoms. The molecule has 0 saturated heterocycles. The summed E-state index contributed by atoms with van der Waals surface area (Å²) in [6.45, 7) is 6.18. The van der Waals surface area contributed by atoms with Gasteiger partial charge in [-0.2, -0.15) is 0 Å². The molecule has 2 rings (SSSR count). The van der Waals surface area contributed by atoms with E-state index < -0.39 is 4.92 Å². The van der Waals surface area contributed by atoms with Gasteiger partial charge in [0.15, 0.2) is 0 Å². The van der Waals surface area contributed by atoms with Crippen LogP contribution in [0, 0.1) is 28.9 Å². The Labute approximate surface area is 119 Å². The summed E-state index contributed by atoms with van der Waals surface area (Å²) < 4.78 is 5.87. The molecule has 110 valence electrons. The number of hydrogen-bond donors (Lipinski definition) is 0. The van der Waals surface area contributed by atoms with Crippen LogP contribution in [0.3, 0.4) is 0 Å². The third-order valence-electron chi connectivity index (χ3n) is 4.18. The summed E-state index contributed by atoms with van der Waals surface area (Å²) in [4.78, 5) is 14.5. The molecule has 20 heavy (non-hydrogen) atoms. The molecule has 1 fully saturated rings. The Morgan fingerprint density at radius 3 is 2.45 bits per heavy atom. The highest BCUT2D eigenvalue weighted by molar-refractivity contribution is 5.36. The fourth-order valence-corrected chi connectivity index (χ4v) is 2.83. The minimum atomic E-state index is -0.417. The Balaban J connectivity index is 1.95. The van der Waals surface area contributed by atoms with Crippen LogP contribution in [0.1, 0.15) is 45.2 Å². The summed E-state index contributed by atoms with van der Waals surface area (Å²) in [6, 6.07) is 3.07. The monoisotopic (exact) mass is 278 g/mol. The lowest BCUT2D eigenvalue weighted by Crippen LogP contribution is -2.26. The Hall–Kier alpha value is -1.65. The maximum Gasteiger partial charge on any atom is 0.290 e. The van der Waals surface area contributed by atoms with E-state index in [2.05, 4.69) is 18.8 Å². The van der Waals surface area contributed by atoms with Crippen LogP contribution >= 0.6 is 0 Å². The lowest BCUT2D eigenvalue weighted by molar-refractivity contribution is -0.385. The fourth-order valence-electron chi connectivity index (χ4n) is 2.83. The van der Waals surface area contributed by atoms with Crippen LogP contribution in [-0.4, -0.2) is 16.0 Å². The standard InChI is InChI=1S/C15H22N2O3/c1-10(2)12-4-6-13(7-5-12)20-15-9-8-14(17(18)19)11(3)16-15/h8-10,12-13H,4-7H2,1-3H3/t12-,13-. The largest absolute Gasteiger partial charge is 0.474 e. The molecule has 5 nitrogen and oxygen atoms in total. The number of aromatic nitrogens is 1. The van der Waals surface area contributed by atoms with Gasteiger partial charge in [0.1, 0.15) is 11.8 Å². The van der Waals surface area contributed by atoms with Crippen LogP contribution in [0.5, 0.6) is 5.88 Å². The van der Waals surface area contributed by atoms with E-state index in [-0.39, 0.29) is 11.8 Å². The van der Waals surface area contributed by atoms with Gasteiger partial charge in [-0.1, -0.05) is 13.8 Å². The van der Waals surface area contributed by atoms with Crippen LogP contribution in [0.2, 0.25) is 0 Å². The zero-order chi connectivity index (χ0) is 14.7. The maximum absolute atomic E-state index is 10.7. The van der Waals surface area contributed by atoms with Crippen molar-refractivity contribution in [2.75, 3.05) is 0 Å². The van der Waals surface area contributed by atoms with Gasteiger partial charge in [0, 0.05) is 12.1 Å². The molecule has 0 spiro atoms. The van der Waals surface area contributed by atoms with E-state index in [9.17, 15) is 10.1 Å². The first kappa shape index (κ1) is 14.8. The van der Waals surface area contributed by atoms with Crippen LogP contribution < -0.4 is 4.74 Å². The molecule has 1 aromatic heterocycles. The second-order valence-electron chi connectivity index (χ2n) is 5.91. The lowest BCUT2D eigenvalue weighted by atomic mass is 9.80. The maximum atomic E-state index is 10.7. The van der Waals surface area contributed by atoms with Gasteiger partial charge in [-0.15, -0.1) is 0 Å². The molecule has 0 aromatic carbocycles. The molecule has 0 atom stereocenters. The minimum absolute atomic E-state index is 0.0425. The van der Waals surface area contributed by atoms with E-state index in [1.165, 1.54) is 18.9 Å². The van der Waals surface area contributed by atoms with E-state index in [1.54, 1.807) is 13.0 Å². The molecule has 1 aliphatic rings. The number of hydrogen-bond acceptors (Lipinski definition) is 4. The average molecular weight is 278 g/mol. The predicted molar refractivity (Wildman–Crippen MR) is 76.8 cm³/mol. The summed E-state index contributed by atoms with van der Waals surface area (Å²) in [5, 5.41) is 10.7. The van der Waals surface area contributed by atoms with Crippen molar-refractivity contribution < 1.29 is 9.66 Å². The van der Waals surface area contributed by atoms with E-state index in [0.717, 1.165) is 24.7 Å². The van der Waals surface area contributed by atoms with Gasteiger partial charge in [-0.05, 0) is 44.4 Å². The zero-order valence-electron chi connectivity index (χ0n) is 12.3. The first-order valence-corrected chi connectivity index (χ1v) is 7.26. The van der Waals surface area contributed by atoms with Crippen molar-refractivity contribution in [2.45, 2.75) is 52.6 Å². The highest BCUT2D eigenvalue weighted by atomic mass is 16.6. The van der Waals surface area contributed by atoms with Crippen LogP contribution in [0.25, 0.3) is 0 Å². The third kappa shape index (κ3) is 3.46. The molecular formula is C15H22N2O3. The third-order valence-corrected chi connectivity index (χ3v) is 4.18. The van der Waals surface area contributed by atoms with Crippen molar-refractivity contribution in [2.24, 2.45) is 11.8 Å². The highest BCUT2D eigenvalue weighted by Crippen LogP contribution is 2.32. The summed E-state index contributed by atoms with van der Waals surface area (Å²) in [6.07, 6.45) is 4.65. The van der Waals surface area contributed by atoms with Gasteiger partial charge >= 0.3 is 0 Å². The van der Waals surface area contributed by atoms with Crippen molar-refractivity contribution in [3.63, 3.8) is 0 Å². The average Bonchev–Trinajstić information content (AvgIpc) is 2.39. The van der Waals surface area contributed by atoms with Gasteiger partial charge in [-0.3, -0.25) is 10.1 Å². The SMILES string of the molecule is Cc1nc(O[C@H]2CC[C@H](C(C)C)CC2)ccc1[N+](=O)[O-]. The molecule has 1 heterocycles. The van der Waals surface area contributed by atoms with E-state index in [4.69, 9.17) is 4.74 Å². The molecule has 0 amide bonds. The van der Waals surface area contributed by atoms with Crippen molar-refractivity contribution in [3.05, 3.63) is 27.9 Å². The number of aryl methyl sites for hydroxylation is 1. The quantitative estimate of drug-likeness (QED) is 0.619. The van der Waals surface area contributed by atoms with Gasteiger partial charge in [0.05, 0.1) is 4.92 Å². The fraction of sp³-hybridized carbons (Fsp3) is 0.667. The van der Waals surface area contributed by atoms with Crippen molar-refractivity contribution in [1.29, 1.82) is 0 Å². The smallest absolute Gasteiger partial charge is 0.290 e. The van der Waals surface area contributed by atoms with Crippen LogP contribution in [-0.2, 0) is 0 Å². The van der Waals surface area contributed by atoms with Gasteiger partial charge in [0.25, 0.3) is 5.69 Å². The molecule has 0 bridgehead atoms. The summed E-state index contributed by atoms with van der Waals surface area (Å²) in [7, 11) is 0. The van der Waals surface area contributed by atoms with Gasteiger partial charge in [0.2, 0.25) is 5.88 Å². The second-order valence-corrected chi connectivity index (χ2v) is 5.91. The molecule has 0 unspecified atom stereocenters. The summed E-state index contributed by atoms with van der Waals surface area (Å²) >= 11 is 0.